The molecule has 0 bridgehead atoms. The van der Waals surface area contributed by atoms with Gasteiger partial charge in [0, 0.05) is 11.8 Å². The smallest absolute Gasteiger partial charge is 0.272 e. The van der Waals surface area contributed by atoms with Crippen LogP contribution >= 0.6 is 0 Å². The average Bonchev–Trinajstić information content (AvgIpc) is 2.64. The maximum absolute atomic E-state index is 12.9. The summed E-state index contributed by atoms with van der Waals surface area (Å²) in [5.41, 5.74) is 5.93. The van der Waals surface area contributed by atoms with Gasteiger partial charge in [-0.1, -0.05) is 0 Å². The van der Waals surface area contributed by atoms with Gasteiger partial charge in [-0.3, -0.25) is 0 Å². The van der Waals surface area contributed by atoms with Crippen LogP contribution in [-0.2, 0) is 0 Å². The summed E-state index contributed by atoms with van der Waals surface area (Å²) in [6, 6.07) is 2.49. The molecule has 0 aliphatic heterocycles. The predicted molar refractivity (Wildman–Crippen MR) is 50.5 cm³/mol. The molecule has 2 N–H and O–H groups in total. The van der Waals surface area contributed by atoms with Crippen LogP contribution in [0.5, 0.6) is 0 Å². The SMILES string of the molecule is Nc1ccc2cnn(C3CC3(F)F)c2n1. The number of nitrogen functional groups attached to an aromatic ring is 1. The molecule has 1 aliphatic carbocycles. The van der Waals surface area contributed by atoms with E-state index < -0.39 is 12.0 Å². The molecule has 1 fully saturated rings. The Kier molecular flexibility index (Phi) is 1.40. The zero-order valence-corrected chi connectivity index (χ0v) is 7.69. The maximum atomic E-state index is 12.9. The molecule has 4 nitrogen and oxygen atoms in total. The van der Waals surface area contributed by atoms with Crippen LogP contribution in [0, 0.1) is 0 Å². The number of alkyl halides is 2. The van der Waals surface area contributed by atoms with E-state index in [1.165, 1.54) is 10.9 Å². The third-order valence-corrected chi connectivity index (χ3v) is 2.55. The Bertz CT molecular complexity index is 534. The van der Waals surface area contributed by atoms with Crippen molar-refractivity contribution in [3.8, 4) is 0 Å². The summed E-state index contributed by atoms with van der Waals surface area (Å²) in [4.78, 5) is 4.01. The van der Waals surface area contributed by atoms with Crippen LogP contribution in [0.15, 0.2) is 18.3 Å². The summed E-state index contributed by atoms with van der Waals surface area (Å²) in [6.07, 6.45) is 1.36. The number of fused-ring (bicyclic) bond motifs is 1. The molecule has 15 heavy (non-hydrogen) atoms. The Balaban J connectivity index is 2.16. The normalized spacial score (nSPS) is 23.2. The average molecular weight is 210 g/mol. The zero-order chi connectivity index (χ0) is 10.6. The molecule has 0 spiro atoms. The van der Waals surface area contributed by atoms with Gasteiger partial charge in [0.05, 0.1) is 6.20 Å². The lowest BCUT2D eigenvalue weighted by atomic mass is 10.3. The molecule has 1 unspecified atom stereocenters. The van der Waals surface area contributed by atoms with Crippen molar-refractivity contribution in [2.24, 2.45) is 0 Å². The fourth-order valence-electron chi connectivity index (χ4n) is 1.63. The van der Waals surface area contributed by atoms with Gasteiger partial charge in [-0.2, -0.15) is 5.10 Å². The van der Waals surface area contributed by atoms with Crippen molar-refractivity contribution in [3.63, 3.8) is 0 Å². The molecule has 0 saturated heterocycles. The zero-order valence-electron chi connectivity index (χ0n) is 7.69. The second kappa shape index (κ2) is 2.44. The van der Waals surface area contributed by atoms with Crippen molar-refractivity contribution < 1.29 is 8.78 Å². The summed E-state index contributed by atoms with van der Waals surface area (Å²) < 4.78 is 27.0. The molecule has 0 amide bonds. The molecule has 1 aliphatic rings. The van der Waals surface area contributed by atoms with Crippen LogP contribution in [0.25, 0.3) is 11.0 Å². The fourth-order valence-corrected chi connectivity index (χ4v) is 1.63. The lowest BCUT2D eigenvalue weighted by Crippen LogP contribution is -2.05. The highest BCUT2D eigenvalue weighted by atomic mass is 19.3. The van der Waals surface area contributed by atoms with Crippen molar-refractivity contribution in [2.75, 3.05) is 5.73 Å². The van der Waals surface area contributed by atoms with Gasteiger partial charge in [0.1, 0.15) is 11.9 Å². The standard InChI is InChI=1S/C9H8F2N4/c10-9(11)3-6(9)15-8-5(4-13-15)1-2-7(12)14-8/h1-2,4,6H,3H2,(H2,12,14). The van der Waals surface area contributed by atoms with Crippen molar-refractivity contribution in [3.05, 3.63) is 18.3 Å². The topological polar surface area (TPSA) is 56.7 Å². The Morgan fingerprint density at radius 3 is 2.87 bits per heavy atom. The van der Waals surface area contributed by atoms with Gasteiger partial charge < -0.3 is 5.73 Å². The Morgan fingerprint density at radius 2 is 2.20 bits per heavy atom. The highest BCUT2D eigenvalue weighted by Crippen LogP contribution is 2.52. The van der Waals surface area contributed by atoms with Gasteiger partial charge in [-0.15, -0.1) is 0 Å². The van der Waals surface area contributed by atoms with E-state index in [1.54, 1.807) is 12.1 Å². The molecule has 3 rings (SSSR count). The first kappa shape index (κ1) is 8.58. The summed E-state index contributed by atoms with van der Waals surface area (Å²) in [5.74, 6) is -2.33. The molecule has 2 heterocycles. The molecule has 1 atom stereocenters. The Morgan fingerprint density at radius 1 is 1.47 bits per heavy atom. The lowest BCUT2D eigenvalue weighted by molar-refractivity contribution is 0.0991. The third-order valence-electron chi connectivity index (χ3n) is 2.55. The molecule has 0 aromatic carbocycles. The predicted octanol–water partition coefficient (Wildman–Crippen LogP) is 1.59. The largest absolute Gasteiger partial charge is 0.384 e. The van der Waals surface area contributed by atoms with Gasteiger partial charge in [0.15, 0.2) is 5.65 Å². The quantitative estimate of drug-likeness (QED) is 0.777. The first-order valence-electron chi connectivity index (χ1n) is 4.55. The molecule has 1 saturated carbocycles. The minimum atomic E-state index is -2.65. The van der Waals surface area contributed by atoms with Crippen molar-refractivity contribution >= 4 is 16.9 Å². The molecule has 0 radical (unpaired) electrons. The molecule has 6 heteroatoms. The van der Waals surface area contributed by atoms with E-state index in [0.29, 0.717) is 11.5 Å². The molecule has 2 aromatic heterocycles. The third kappa shape index (κ3) is 1.17. The van der Waals surface area contributed by atoms with Crippen molar-refractivity contribution in [1.29, 1.82) is 0 Å². The monoisotopic (exact) mass is 210 g/mol. The van der Waals surface area contributed by atoms with E-state index in [9.17, 15) is 8.78 Å². The molecule has 78 valence electrons. The number of hydrogen-bond donors (Lipinski definition) is 1. The van der Waals surface area contributed by atoms with Crippen molar-refractivity contribution in [2.45, 2.75) is 18.4 Å². The van der Waals surface area contributed by atoms with E-state index in [2.05, 4.69) is 10.1 Å². The van der Waals surface area contributed by atoms with Crippen molar-refractivity contribution in [1.82, 2.24) is 14.8 Å². The summed E-state index contributed by atoms with van der Waals surface area (Å²) in [6.45, 7) is 0. The number of nitrogens with two attached hydrogens (primary N) is 1. The number of nitrogens with zero attached hydrogens (tertiary/aromatic N) is 3. The van der Waals surface area contributed by atoms with E-state index in [4.69, 9.17) is 5.73 Å². The number of halogens is 2. The van der Waals surface area contributed by atoms with Crippen LogP contribution in [0.1, 0.15) is 12.5 Å². The minimum absolute atomic E-state index is 0.166. The summed E-state index contributed by atoms with van der Waals surface area (Å²) >= 11 is 0. The Labute approximate surface area is 83.7 Å². The number of rotatable bonds is 1. The number of anilines is 1. The van der Waals surface area contributed by atoms with Gasteiger partial charge >= 0.3 is 0 Å². The van der Waals surface area contributed by atoms with Crippen LogP contribution in [-0.4, -0.2) is 20.7 Å². The highest BCUT2D eigenvalue weighted by Gasteiger charge is 2.59. The van der Waals surface area contributed by atoms with Gasteiger partial charge in [-0.25, -0.2) is 18.4 Å². The Hall–Kier alpha value is -1.72. The van der Waals surface area contributed by atoms with Crippen LogP contribution in [0.3, 0.4) is 0 Å². The lowest BCUT2D eigenvalue weighted by Gasteiger charge is -2.00. The maximum Gasteiger partial charge on any atom is 0.272 e. The second-order valence-corrected chi connectivity index (χ2v) is 3.72. The number of hydrogen-bond acceptors (Lipinski definition) is 3. The van der Waals surface area contributed by atoms with Gasteiger partial charge in [-0.05, 0) is 12.1 Å². The summed E-state index contributed by atoms with van der Waals surface area (Å²) in [5, 5.41) is 4.64. The van der Waals surface area contributed by atoms with Crippen LogP contribution in [0.2, 0.25) is 0 Å². The second-order valence-electron chi connectivity index (χ2n) is 3.72. The summed E-state index contributed by atoms with van der Waals surface area (Å²) in [7, 11) is 0. The number of aromatic nitrogens is 3. The fraction of sp³-hybridized carbons (Fsp3) is 0.333. The van der Waals surface area contributed by atoms with E-state index in [0.717, 1.165) is 5.39 Å². The van der Waals surface area contributed by atoms with Crippen LogP contribution < -0.4 is 5.73 Å². The minimum Gasteiger partial charge on any atom is -0.384 e. The first-order chi connectivity index (χ1) is 7.08. The van der Waals surface area contributed by atoms with Crippen LogP contribution in [0.4, 0.5) is 14.6 Å². The van der Waals surface area contributed by atoms with E-state index in [1.807, 2.05) is 0 Å². The molecular formula is C9H8F2N4. The number of pyridine rings is 1. The van der Waals surface area contributed by atoms with Gasteiger partial charge in [0.2, 0.25) is 0 Å². The van der Waals surface area contributed by atoms with E-state index >= 15 is 0 Å². The van der Waals surface area contributed by atoms with E-state index in [-0.39, 0.29) is 6.42 Å². The highest BCUT2D eigenvalue weighted by molar-refractivity contribution is 5.76. The van der Waals surface area contributed by atoms with Gasteiger partial charge in [0.25, 0.3) is 5.92 Å². The first-order valence-corrected chi connectivity index (χ1v) is 4.55. The molecule has 2 aromatic rings. The molecular weight excluding hydrogens is 202 g/mol.